The minimum Gasteiger partial charge on any atom is -0.469 e. The molecule has 1 atom stereocenters. The Labute approximate surface area is 91.8 Å². The maximum Gasteiger partial charge on any atom is 0.108 e. The fraction of sp³-hybridized carbons (Fsp3) is 0.667. The van der Waals surface area contributed by atoms with Crippen molar-refractivity contribution in [2.24, 2.45) is 0 Å². The van der Waals surface area contributed by atoms with E-state index in [0.717, 1.165) is 31.6 Å². The van der Waals surface area contributed by atoms with Crippen LogP contribution in [0.3, 0.4) is 0 Å². The van der Waals surface area contributed by atoms with Gasteiger partial charge in [0.25, 0.3) is 0 Å². The highest BCUT2D eigenvalue weighted by molar-refractivity contribution is 5.21. The number of nitrogens with one attached hydrogen (secondary N) is 1. The van der Waals surface area contributed by atoms with Crippen molar-refractivity contribution in [1.82, 2.24) is 5.32 Å². The molecule has 1 aromatic heterocycles. The van der Waals surface area contributed by atoms with Gasteiger partial charge in [0.1, 0.15) is 5.76 Å². The van der Waals surface area contributed by atoms with Crippen molar-refractivity contribution in [2.45, 2.75) is 32.2 Å². The first kappa shape index (κ1) is 12.3. The van der Waals surface area contributed by atoms with E-state index in [-0.39, 0.29) is 0 Å². The molecule has 0 aromatic carbocycles. The summed E-state index contributed by atoms with van der Waals surface area (Å²) in [6.07, 6.45) is 4.87. The quantitative estimate of drug-likeness (QED) is 0.704. The molecule has 1 rings (SSSR count). The lowest BCUT2D eigenvalue weighted by atomic mass is 10.0. The van der Waals surface area contributed by atoms with Gasteiger partial charge >= 0.3 is 0 Å². The Balaban J connectivity index is 2.57. The summed E-state index contributed by atoms with van der Waals surface area (Å²) in [7, 11) is 3.73. The van der Waals surface area contributed by atoms with Crippen LogP contribution in [0.25, 0.3) is 0 Å². The Hall–Kier alpha value is -0.800. The van der Waals surface area contributed by atoms with Crippen LogP contribution >= 0.6 is 0 Å². The lowest BCUT2D eigenvalue weighted by Crippen LogP contribution is -2.17. The molecule has 0 amide bonds. The SMILES string of the molecule is CCc1occc1C(CCCOC)NC. The molecule has 0 fully saturated rings. The predicted molar refractivity (Wildman–Crippen MR) is 61.0 cm³/mol. The third kappa shape index (κ3) is 3.36. The molecule has 0 spiro atoms. The van der Waals surface area contributed by atoms with Crippen molar-refractivity contribution < 1.29 is 9.15 Å². The zero-order valence-corrected chi connectivity index (χ0v) is 9.88. The molecule has 0 aliphatic heterocycles. The lowest BCUT2D eigenvalue weighted by molar-refractivity contribution is 0.189. The first-order valence-electron chi connectivity index (χ1n) is 5.56. The summed E-state index contributed by atoms with van der Waals surface area (Å²) in [5.74, 6) is 1.09. The summed E-state index contributed by atoms with van der Waals surface area (Å²) in [5.41, 5.74) is 1.29. The molecule has 86 valence electrons. The maximum atomic E-state index is 5.43. The Morgan fingerprint density at radius 1 is 1.53 bits per heavy atom. The van der Waals surface area contributed by atoms with Gasteiger partial charge in [-0.25, -0.2) is 0 Å². The van der Waals surface area contributed by atoms with Crippen molar-refractivity contribution >= 4 is 0 Å². The van der Waals surface area contributed by atoms with Crippen molar-refractivity contribution in [3.05, 3.63) is 23.7 Å². The summed E-state index contributed by atoms with van der Waals surface area (Å²) in [5, 5.41) is 3.32. The molecule has 0 aliphatic carbocycles. The molecule has 1 unspecified atom stereocenters. The van der Waals surface area contributed by atoms with Gasteiger partial charge in [-0.3, -0.25) is 0 Å². The number of aryl methyl sites for hydroxylation is 1. The van der Waals surface area contributed by atoms with Crippen LogP contribution in [0.2, 0.25) is 0 Å². The summed E-state index contributed by atoms with van der Waals surface area (Å²) >= 11 is 0. The third-order valence-electron chi connectivity index (χ3n) is 2.67. The van der Waals surface area contributed by atoms with E-state index >= 15 is 0 Å². The highest BCUT2D eigenvalue weighted by Crippen LogP contribution is 2.23. The third-order valence-corrected chi connectivity index (χ3v) is 2.67. The fourth-order valence-electron chi connectivity index (χ4n) is 1.84. The number of furan rings is 1. The zero-order chi connectivity index (χ0) is 11.1. The van der Waals surface area contributed by atoms with Gasteiger partial charge in [-0.1, -0.05) is 6.92 Å². The molecular weight excluding hydrogens is 190 g/mol. The van der Waals surface area contributed by atoms with Gasteiger partial charge in [-0.2, -0.15) is 0 Å². The lowest BCUT2D eigenvalue weighted by Gasteiger charge is -2.15. The Morgan fingerprint density at radius 3 is 2.93 bits per heavy atom. The minimum atomic E-state index is 0.383. The van der Waals surface area contributed by atoms with Crippen LogP contribution in [0.15, 0.2) is 16.7 Å². The van der Waals surface area contributed by atoms with Gasteiger partial charge in [-0.15, -0.1) is 0 Å². The first-order chi connectivity index (χ1) is 7.33. The topological polar surface area (TPSA) is 34.4 Å². The van der Waals surface area contributed by atoms with Crippen LogP contribution < -0.4 is 5.32 Å². The normalized spacial score (nSPS) is 13.0. The zero-order valence-electron chi connectivity index (χ0n) is 9.88. The maximum absolute atomic E-state index is 5.43. The highest BCUT2D eigenvalue weighted by atomic mass is 16.5. The number of methoxy groups -OCH3 is 1. The van der Waals surface area contributed by atoms with Crippen LogP contribution in [0, 0.1) is 0 Å². The minimum absolute atomic E-state index is 0.383. The van der Waals surface area contributed by atoms with Gasteiger partial charge in [0.2, 0.25) is 0 Å². The molecular formula is C12H21NO2. The molecule has 3 nitrogen and oxygen atoms in total. The molecule has 0 aliphatic rings. The predicted octanol–water partition coefficient (Wildman–Crippen LogP) is 2.53. The van der Waals surface area contributed by atoms with Crippen molar-refractivity contribution in [3.63, 3.8) is 0 Å². The average Bonchev–Trinajstić information content (AvgIpc) is 2.72. The Kier molecular flexibility index (Phi) is 5.43. The van der Waals surface area contributed by atoms with Gasteiger partial charge in [-0.05, 0) is 26.0 Å². The summed E-state index contributed by atoms with van der Waals surface area (Å²) in [6, 6.07) is 2.45. The Bertz CT molecular complexity index is 270. The van der Waals surface area contributed by atoms with Crippen LogP contribution in [-0.4, -0.2) is 20.8 Å². The number of rotatable bonds is 7. The van der Waals surface area contributed by atoms with E-state index in [9.17, 15) is 0 Å². The first-order valence-corrected chi connectivity index (χ1v) is 5.56. The van der Waals surface area contributed by atoms with Crippen LogP contribution in [0.5, 0.6) is 0 Å². The van der Waals surface area contributed by atoms with Crippen molar-refractivity contribution in [3.8, 4) is 0 Å². The molecule has 15 heavy (non-hydrogen) atoms. The van der Waals surface area contributed by atoms with E-state index in [2.05, 4.69) is 18.3 Å². The van der Waals surface area contributed by atoms with E-state index in [0.29, 0.717) is 6.04 Å². The fourth-order valence-corrected chi connectivity index (χ4v) is 1.84. The van der Waals surface area contributed by atoms with Gasteiger partial charge < -0.3 is 14.5 Å². The van der Waals surface area contributed by atoms with Gasteiger partial charge in [0.15, 0.2) is 0 Å². The second kappa shape index (κ2) is 6.64. The van der Waals surface area contributed by atoms with E-state index in [1.165, 1.54) is 5.56 Å². The van der Waals surface area contributed by atoms with E-state index < -0.39 is 0 Å². The largest absolute Gasteiger partial charge is 0.469 e. The van der Waals surface area contributed by atoms with Crippen molar-refractivity contribution in [1.29, 1.82) is 0 Å². The molecule has 1 aromatic rings. The van der Waals surface area contributed by atoms with Gasteiger partial charge in [0, 0.05) is 31.7 Å². The number of hydrogen-bond acceptors (Lipinski definition) is 3. The molecule has 3 heteroatoms. The smallest absolute Gasteiger partial charge is 0.108 e. The van der Waals surface area contributed by atoms with Crippen LogP contribution in [0.4, 0.5) is 0 Å². The number of hydrogen-bond donors (Lipinski definition) is 1. The second-order valence-corrected chi connectivity index (χ2v) is 3.63. The summed E-state index contributed by atoms with van der Waals surface area (Å²) in [6.45, 7) is 2.93. The van der Waals surface area contributed by atoms with E-state index in [4.69, 9.17) is 9.15 Å². The highest BCUT2D eigenvalue weighted by Gasteiger charge is 2.14. The summed E-state index contributed by atoms with van der Waals surface area (Å²) in [4.78, 5) is 0. The molecule has 0 saturated heterocycles. The molecule has 0 radical (unpaired) electrons. The van der Waals surface area contributed by atoms with Crippen LogP contribution in [-0.2, 0) is 11.2 Å². The standard InChI is InChI=1S/C12H21NO2/c1-4-12-10(7-9-15-12)11(13-2)6-5-8-14-3/h7,9,11,13H,4-6,8H2,1-3H3. The second-order valence-electron chi connectivity index (χ2n) is 3.63. The van der Waals surface area contributed by atoms with E-state index in [1.807, 2.05) is 7.05 Å². The monoisotopic (exact) mass is 211 g/mol. The summed E-state index contributed by atoms with van der Waals surface area (Å²) < 4.78 is 10.5. The molecule has 1 N–H and O–H groups in total. The Morgan fingerprint density at radius 2 is 2.33 bits per heavy atom. The average molecular weight is 211 g/mol. The van der Waals surface area contributed by atoms with Gasteiger partial charge in [0.05, 0.1) is 6.26 Å². The molecule has 0 saturated carbocycles. The molecule has 1 heterocycles. The number of ether oxygens (including phenoxy) is 1. The van der Waals surface area contributed by atoms with Crippen LogP contribution in [0.1, 0.15) is 37.1 Å². The van der Waals surface area contributed by atoms with Crippen molar-refractivity contribution in [2.75, 3.05) is 20.8 Å². The van der Waals surface area contributed by atoms with E-state index in [1.54, 1.807) is 13.4 Å². The molecule has 0 bridgehead atoms.